The Hall–Kier alpha value is -1.06. The van der Waals surface area contributed by atoms with Gasteiger partial charge in [0.15, 0.2) is 0 Å². The standard InChI is InChI=1S/C8H15NO3/c1-5(2)4-7(8(11)12)9-6(3)10/h5,7H,4H2,1-3H3,(H,9,10)(H,11,12)/p-1/t7-/m0/s1. The van der Waals surface area contributed by atoms with Crippen LogP contribution in [0.3, 0.4) is 0 Å². The van der Waals surface area contributed by atoms with Gasteiger partial charge in [0.1, 0.15) is 0 Å². The average Bonchev–Trinajstić information content (AvgIpc) is 1.83. The molecule has 1 amide bonds. The van der Waals surface area contributed by atoms with Crippen LogP contribution in [0.4, 0.5) is 0 Å². The lowest BCUT2D eigenvalue weighted by molar-refractivity contribution is -0.308. The Morgan fingerprint density at radius 2 is 1.92 bits per heavy atom. The van der Waals surface area contributed by atoms with Gasteiger partial charge in [-0.15, -0.1) is 0 Å². The van der Waals surface area contributed by atoms with Gasteiger partial charge in [-0.2, -0.15) is 0 Å². The van der Waals surface area contributed by atoms with Crippen molar-refractivity contribution in [2.24, 2.45) is 5.92 Å². The fourth-order valence-electron chi connectivity index (χ4n) is 0.931. The molecule has 70 valence electrons. The molecule has 12 heavy (non-hydrogen) atoms. The molecular weight excluding hydrogens is 158 g/mol. The second kappa shape index (κ2) is 4.74. The summed E-state index contributed by atoms with van der Waals surface area (Å²) in [6.07, 6.45) is 0.405. The molecule has 0 spiro atoms. The lowest BCUT2D eigenvalue weighted by Gasteiger charge is -2.20. The highest BCUT2D eigenvalue weighted by atomic mass is 16.4. The first-order valence-electron chi connectivity index (χ1n) is 3.91. The molecule has 0 aromatic carbocycles. The Bertz CT molecular complexity index is 177. The van der Waals surface area contributed by atoms with Crippen LogP contribution in [0.2, 0.25) is 0 Å². The van der Waals surface area contributed by atoms with Gasteiger partial charge in [-0.1, -0.05) is 13.8 Å². The Morgan fingerprint density at radius 1 is 1.42 bits per heavy atom. The van der Waals surface area contributed by atoms with Gasteiger partial charge in [-0.25, -0.2) is 0 Å². The first-order valence-corrected chi connectivity index (χ1v) is 3.91. The summed E-state index contributed by atoms with van der Waals surface area (Å²) in [5, 5.41) is 12.8. The third-order valence-electron chi connectivity index (χ3n) is 1.37. The average molecular weight is 172 g/mol. The van der Waals surface area contributed by atoms with E-state index in [1.54, 1.807) is 0 Å². The van der Waals surface area contributed by atoms with E-state index in [1.807, 2.05) is 13.8 Å². The second-order valence-corrected chi connectivity index (χ2v) is 3.20. The van der Waals surface area contributed by atoms with Crippen molar-refractivity contribution in [1.29, 1.82) is 0 Å². The molecule has 0 aliphatic carbocycles. The molecule has 0 radical (unpaired) electrons. The molecule has 0 aliphatic rings. The summed E-state index contributed by atoms with van der Waals surface area (Å²) in [6, 6.07) is -0.859. The predicted molar refractivity (Wildman–Crippen MR) is 42.1 cm³/mol. The Kier molecular flexibility index (Phi) is 4.33. The van der Waals surface area contributed by atoms with Gasteiger partial charge in [0.25, 0.3) is 0 Å². The summed E-state index contributed by atoms with van der Waals surface area (Å²) in [5.74, 6) is -1.34. The summed E-state index contributed by atoms with van der Waals surface area (Å²) in [6.45, 7) is 5.06. The zero-order valence-corrected chi connectivity index (χ0v) is 7.59. The van der Waals surface area contributed by atoms with Gasteiger partial charge in [-0.05, 0) is 12.3 Å². The molecule has 4 nitrogen and oxygen atoms in total. The van der Waals surface area contributed by atoms with Crippen LogP contribution in [0, 0.1) is 5.92 Å². The van der Waals surface area contributed by atoms with E-state index in [4.69, 9.17) is 0 Å². The molecule has 1 N–H and O–H groups in total. The van der Waals surface area contributed by atoms with Crippen LogP contribution in [0.15, 0.2) is 0 Å². The Morgan fingerprint density at radius 3 is 2.17 bits per heavy atom. The minimum absolute atomic E-state index is 0.222. The third kappa shape index (κ3) is 4.71. The van der Waals surface area contributed by atoms with Crippen LogP contribution in [0.25, 0.3) is 0 Å². The molecule has 0 bridgehead atoms. The van der Waals surface area contributed by atoms with E-state index < -0.39 is 12.0 Å². The molecule has 0 saturated carbocycles. The number of carbonyl (C=O) groups is 2. The zero-order chi connectivity index (χ0) is 9.72. The highest BCUT2D eigenvalue weighted by molar-refractivity contribution is 5.80. The van der Waals surface area contributed by atoms with Crippen molar-refractivity contribution in [2.75, 3.05) is 0 Å². The molecule has 0 fully saturated rings. The lowest BCUT2D eigenvalue weighted by atomic mass is 10.0. The molecule has 0 aromatic heterocycles. The number of hydrogen-bond acceptors (Lipinski definition) is 3. The summed E-state index contributed by atoms with van der Waals surface area (Å²) >= 11 is 0. The molecule has 0 heterocycles. The van der Waals surface area contributed by atoms with Crippen LogP contribution < -0.4 is 10.4 Å². The third-order valence-corrected chi connectivity index (χ3v) is 1.37. The molecule has 4 heteroatoms. The number of nitrogens with one attached hydrogen (secondary N) is 1. The van der Waals surface area contributed by atoms with Crippen molar-refractivity contribution in [2.45, 2.75) is 33.2 Å². The smallest absolute Gasteiger partial charge is 0.217 e. The Balaban J connectivity index is 4.04. The number of rotatable bonds is 4. The molecule has 0 aromatic rings. The second-order valence-electron chi connectivity index (χ2n) is 3.20. The predicted octanol–water partition coefficient (Wildman–Crippen LogP) is -0.713. The quantitative estimate of drug-likeness (QED) is 0.609. The minimum Gasteiger partial charge on any atom is -0.548 e. The molecule has 0 unspecified atom stereocenters. The van der Waals surface area contributed by atoms with Gasteiger partial charge >= 0.3 is 0 Å². The van der Waals surface area contributed by atoms with Crippen molar-refractivity contribution in [3.63, 3.8) is 0 Å². The normalized spacial score (nSPS) is 12.7. The largest absolute Gasteiger partial charge is 0.548 e. The number of carbonyl (C=O) groups excluding carboxylic acids is 2. The summed E-state index contributed by atoms with van der Waals surface area (Å²) in [5.41, 5.74) is 0. The van der Waals surface area contributed by atoms with Crippen molar-refractivity contribution in [1.82, 2.24) is 5.32 Å². The van der Waals surface area contributed by atoms with Gasteiger partial charge in [0.05, 0.1) is 12.0 Å². The van der Waals surface area contributed by atoms with Crippen molar-refractivity contribution < 1.29 is 14.7 Å². The topological polar surface area (TPSA) is 69.2 Å². The maximum Gasteiger partial charge on any atom is 0.217 e. The number of aliphatic carboxylic acids is 1. The van der Waals surface area contributed by atoms with Gasteiger partial charge in [0.2, 0.25) is 5.91 Å². The van der Waals surface area contributed by atoms with Crippen LogP contribution in [0.5, 0.6) is 0 Å². The monoisotopic (exact) mass is 172 g/mol. The number of carboxylic acids is 1. The zero-order valence-electron chi connectivity index (χ0n) is 7.59. The van der Waals surface area contributed by atoms with E-state index in [2.05, 4.69) is 5.32 Å². The maximum absolute atomic E-state index is 10.5. The first kappa shape index (κ1) is 10.9. The fourth-order valence-corrected chi connectivity index (χ4v) is 0.931. The summed E-state index contributed by atoms with van der Waals surface area (Å²) in [7, 11) is 0. The highest BCUT2D eigenvalue weighted by Crippen LogP contribution is 2.03. The lowest BCUT2D eigenvalue weighted by Crippen LogP contribution is -2.47. The number of carboxylic acid groups (broad SMARTS) is 1. The van der Waals surface area contributed by atoms with E-state index in [9.17, 15) is 14.7 Å². The first-order chi connectivity index (χ1) is 5.43. The van der Waals surface area contributed by atoms with Crippen LogP contribution >= 0.6 is 0 Å². The molecule has 0 aliphatic heterocycles. The van der Waals surface area contributed by atoms with Crippen molar-refractivity contribution in [3.8, 4) is 0 Å². The van der Waals surface area contributed by atoms with Gasteiger partial charge in [-0.3, -0.25) is 4.79 Å². The number of hydrogen-bond donors (Lipinski definition) is 1. The molecule has 1 atom stereocenters. The van der Waals surface area contributed by atoms with Crippen LogP contribution in [-0.2, 0) is 9.59 Å². The van der Waals surface area contributed by atoms with Gasteiger partial charge < -0.3 is 15.2 Å². The number of amides is 1. The fraction of sp³-hybridized carbons (Fsp3) is 0.750. The van der Waals surface area contributed by atoms with E-state index >= 15 is 0 Å². The molecule has 0 saturated heterocycles. The summed E-state index contributed by atoms with van der Waals surface area (Å²) in [4.78, 5) is 21.0. The van der Waals surface area contributed by atoms with E-state index in [1.165, 1.54) is 6.92 Å². The van der Waals surface area contributed by atoms with Crippen molar-refractivity contribution >= 4 is 11.9 Å². The van der Waals surface area contributed by atoms with E-state index in [0.717, 1.165) is 0 Å². The van der Waals surface area contributed by atoms with E-state index in [-0.39, 0.29) is 11.8 Å². The minimum atomic E-state index is -1.22. The maximum atomic E-state index is 10.5. The highest BCUT2D eigenvalue weighted by Gasteiger charge is 2.12. The van der Waals surface area contributed by atoms with Crippen LogP contribution in [0.1, 0.15) is 27.2 Å². The van der Waals surface area contributed by atoms with Crippen LogP contribution in [-0.4, -0.2) is 17.9 Å². The molecule has 0 rings (SSSR count). The Labute approximate surface area is 72.0 Å². The SMILES string of the molecule is CC(=O)N[C@@H](CC(C)C)C(=O)[O-]. The summed E-state index contributed by atoms with van der Waals surface area (Å²) < 4.78 is 0. The molecular formula is C8H14NO3-. The van der Waals surface area contributed by atoms with Gasteiger partial charge in [0, 0.05) is 6.92 Å². The van der Waals surface area contributed by atoms with E-state index in [0.29, 0.717) is 6.42 Å². The van der Waals surface area contributed by atoms with Crippen molar-refractivity contribution in [3.05, 3.63) is 0 Å².